The van der Waals surface area contributed by atoms with Crippen molar-refractivity contribution in [2.24, 2.45) is 7.05 Å². The number of carboxylic acid groups (broad SMARTS) is 1. The Bertz CT molecular complexity index is 660. The molecule has 1 aromatic carbocycles. The van der Waals surface area contributed by atoms with E-state index in [-0.39, 0.29) is 18.2 Å². The van der Waals surface area contributed by atoms with Crippen molar-refractivity contribution < 1.29 is 19.8 Å². The molecule has 0 aliphatic carbocycles. The van der Waals surface area contributed by atoms with Crippen LogP contribution in [0.15, 0.2) is 24.3 Å². The lowest BCUT2D eigenvalue weighted by Crippen LogP contribution is -2.33. The van der Waals surface area contributed by atoms with Gasteiger partial charge in [0.2, 0.25) is 0 Å². The average Bonchev–Trinajstić information content (AvgIpc) is 2.65. The highest BCUT2D eigenvalue weighted by atomic mass is 16.4. The predicted molar refractivity (Wildman–Crippen MR) is 69.2 cm³/mol. The van der Waals surface area contributed by atoms with Crippen LogP contribution >= 0.6 is 0 Å². The maximum Gasteiger partial charge on any atom is 0.323 e. The van der Waals surface area contributed by atoms with Crippen molar-refractivity contribution >= 4 is 22.8 Å². The maximum absolute atomic E-state index is 12.1. The molecule has 19 heavy (non-hydrogen) atoms. The molecule has 0 saturated heterocycles. The second-order valence-corrected chi connectivity index (χ2v) is 4.39. The van der Waals surface area contributed by atoms with Gasteiger partial charge in [-0.25, -0.2) is 0 Å². The Morgan fingerprint density at radius 2 is 2.00 bits per heavy atom. The van der Waals surface area contributed by atoms with Crippen LogP contribution < -0.4 is 0 Å². The van der Waals surface area contributed by atoms with Crippen molar-refractivity contribution in [2.45, 2.75) is 0 Å². The smallest absolute Gasteiger partial charge is 0.323 e. The van der Waals surface area contributed by atoms with Gasteiger partial charge in [-0.3, -0.25) is 9.59 Å². The molecule has 2 rings (SSSR count). The normalized spacial score (nSPS) is 10.6. The van der Waals surface area contributed by atoms with Crippen LogP contribution in [-0.4, -0.2) is 45.1 Å². The molecule has 0 aliphatic heterocycles. The van der Waals surface area contributed by atoms with Crippen molar-refractivity contribution in [1.29, 1.82) is 0 Å². The van der Waals surface area contributed by atoms with Gasteiger partial charge in [-0.15, -0.1) is 0 Å². The number of aliphatic carboxylic acids is 1. The third-order valence-electron chi connectivity index (χ3n) is 2.97. The van der Waals surface area contributed by atoms with Crippen molar-refractivity contribution in [3.63, 3.8) is 0 Å². The molecule has 6 heteroatoms. The molecule has 0 unspecified atom stereocenters. The van der Waals surface area contributed by atoms with Crippen LogP contribution in [-0.2, 0) is 11.8 Å². The molecule has 1 amide bonds. The fraction of sp³-hybridized carbons (Fsp3) is 0.231. The Labute approximate surface area is 109 Å². The third-order valence-corrected chi connectivity index (χ3v) is 2.97. The lowest BCUT2D eigenvalue weighted by atomic mass is 10.2. The Kier molecular flexibility index (Phi) is 3.16. The number of fused-ring (bicyclic) bond motifs is 1. The van der Waals surface area contributed by atoms with E-state index in [4.69, 9.17) is 5.11 Å². The van der Waals surface area contributed by atoms with Crippen LogP contribution in [0.5, 0.6) is 5.75 Å². The van der Waals surface area contributed by atoms with E-state index in [1.54, 1.807) is 29.8 Å². The molecule has 1 heterocycles. The van der Waals surface area contributed by atoms with Crippen LogP contribution in [0.3, 0.4) is 0 Å². The number of hydrogen-bond acceptors (Lipinski definition) is 3. The first-order chi connectivity index (χ1) is 8.90. The zero-order valence-electron chi connectivity index (χ0n) is 10.6. The van der Waals surface area contributed by atoms with Gasteiger partial charge in [0.1, 0.15) is 18.0 Å². The lowest BCUT2D eigenvalue weighted by molar-refractivity contribution is -0.137. The summed E-state index contributed by atoms with van der Waals surface area (Å²) in [6.45, 7) is -0.356. The zero-order chi connectivity index (χ0) is 14.2. The number of benzene rings is 1. The Morgan fingerprint density at radius 3 is 2.63 bits per heavy atom. The zero-order valence-corrected chi connectivity index (χ0v) is 10.6. The molecule has 100 valence electrons. The Morgan fingerprint density at radius 1 is 1.32 bits per heavy atom. The minimum Gasteiger partial charge on any atom is -0.508 e. The average molecular weight is 262 g/mol. The van der Waals surface area contributed by atoms with Crippen LogP contribution in [0, 0.1) is 0 Å². The Balaban J connectivity index is 2.42. The molecule has 0 radical (unpaired) electrons. The van der Waals surface area contributed by atoms with Crippen molar-refractivity contribution in [1.82, 2.24) is 9.47 Å². The number of amides is 1. The van der Waals surface area contributed by atoms with Gasteiger partial charge in [-0.2, -0.15) is 0 Å². The largest absolute Gasteiger partial charge is 0.508 e. The molecule has 0 bridgehead atoms. The Hall–Kier alpha value is -2.50. The molecular formula is C13H14N2O4. The van der Waals surface area contributed by atoms with Gasteiger partial charge in [-0.1, -0.05) is 0 Å². The van der Waals surface area contributed by atoms with Gasteiger partial charge in [0.15, 0.2) is 0 Å². The summed E-state index contributed by atoms with van der Waals surface area (Å²) >= 11 is 0. The first kappa shape index (κ1) is 12.9. The van der Waals surface area contributed by atoms with Gasteiger partial charge in [0.05, 0.1) is 5.52 Å². The number of aromatic hydroxyl groups is 1. The second-order valence-electron chi connectivity index (χ2n) is 4.39. The monoisotopic (exact) mass is 262 g/mol. The van der Waals surface area contributed by atoms with E-state index < -0.39 is 5.97 Å². The fourth-order valence-corrected chi connectivity index (χ4v) is 1.99. The number of rotatable bonds is 3. The van der Waals surface area contributed by atoms with Gasteiger partial charge in [-0.05, 0) is 18.2 Å². The van der Waals surface area contributed by atoms with Crippen LogP contribution in [0.2, 0.25) is 0 Å². The highest BCUT2D eigenvalue weighted by molar-refractivity contribution is 5.99. The molecule has 0 aliphatic rings. The molecule has 0 atom stereocenters. The number of carbonyl (C=O) groups is 2. The first-order valence-corrected chi connectivity index (χ1v) is 5.66. The predicted octanol–water partition coefficient (Wildman–Crippen LogP) is 1.04. The van der Waals surface area contributed by atoms with Gasteiger partial charge in [0.25, 0.3) is 5.91 Å². The van der Waals surface area contributed by atoms with E-state index in [1.807, 2.05) is 0 Å². The number of aromatic nitrogens is 1. The number of phenols is 1. The van der Waals surface area contributed by atoms with Crippen molar-refractivity contribution in [3.8, 4) is 5.75 Å². The number of phenolic OH excluding ortho intramolecular Hbond substituents is 1. The molecule has 6 nitrogen and oxygen atoms in total. The van der Waals surface area contributed by atoms with Crippen LogP contribution in [0.4, 0.5) is 0 Å². The number of likely N-dealkylation sites (N-methyl/N-ethyl adjacent to an activating group) is 1. The number of carbonyl (C=O) groups excluding carboxylic acids is 1. The number of nitrogens with zero attached hydrogens (tertiary/aromatic N) is 2. The molecule has 0 spiro atoms. The summed E-state index contributed by atoms with van der Waals surface area (Å²) in [5.74, 6) is -1.32. The lowest BCUT2D eigenvalue weighted by Gasteiger charge is -2.14. The number of hydrogen-bond donors (Lipinski definition) is 2. The van der Waals surface area contributed by atoms with Gasteiger partial charge >= 0.3 is 5.97 Å². The van der Waals surface area contributed by atoms with Gasteiger partial charge in [0, 0.05) is 25.5 Å². The summed E-state index contributed by atoms with van der Waals surface area (Å²) in [7, 11) is 3.13. The minimum absolute atomic E-state index is 0.117. The summed E-state index contributed by atoms with van der Waals surface area (Å²) in [4.78, 5) is 23.9. The first-order valence-electron chi connectivity index (χ1n) is 5.66. The topological polar surface area (TPSA) is 82.8 Å². The highest BCUT2D eigenvalue weighted by Crippen LogP contribution is 2.23. The molecule has 0 saturated carbocycles. The van der Waals surface area contributed by atoms with E-state index in [9.17, 15) is 14.7 Å². The van der Waals surface area contributed by atoms with Crippen molar-refractivity contribution in [2.75, 3.05) is 13.6 Å². The summed E-state index contributed by atoms with van der Waals surface area (Å²) < 4.78 is 1.63. The SMILES string of the molecule is CN(CC(=O)O)C(=O)c1cc2ccc(O)cc2n1C. The number of carboxylic acids is 1. The van der Waals surface area contributed by atoms with E-state index in [1.165, 1.54) is 13.1 Å². The molecule has 2 aromatic rings. The molecular weight excluding hydrogens is 248 g/mol. The van der Waals surface area contributed by atoms with E-state index in [2.05, 4.69) is 0 Å². The maximum atomic E-state index is 12.1. The molecule has 0 fully saturated rings. The summed E-state index contributed by atoms with van der Waals surface area (Å²) in [6.07, 6.45) is 0. The fourth-order valence-electron chi connectivity index (χ4n) is 1.99. The summed E-state index contributed by atoms with van der Waals surface area (Å²) in [6, 6.07) is 6.48. The summed E-state index contributed by atoms with van der Waals surface area (Å²) in [5.41, 5.74) is 1.09. The number of aryl methyl sites for hydroxylation is 1. The quantitative estimate of drug-likeness (QED) is 0.865. The summed E-state index contributed by atoms with van der Waals surface area (Å²) in [5, 5.41) is 18.9. The standard InChI is InChI=1S/C13H14N2O4/c1-14(7-12(17)18)13(19)11-5-8-3-4-9(16)6-10(8)15(11)2/h3-6,16H,7H2,1-2H3,(H,17,18). The molecule has 1 aromatic heterocycles. The third kappa shape index (κ3) is 2.37. The molecule has 2 N–H and O–H groups in total. The minimum atomic E-state index is -1.06. The highest BCUT2D eigenvalue weighted by Gasteiger charge is 2.19. The van der Waals surface area contributed by atoms with Gasteiger partial charge < -0.3 is 19.7 Å². The van der Waals surface area contributed by atoms with E-state index >= 15 is 0 Å². The van der Waals surface area contributed by atoms with Crippen LogP contribution in [0.1, 0.15) is 10.5 Å². The van der Waals surface area contributed by atoms with E-state index in [0.717, 1.165) is 10.3 Å². The second kappa shape index (κ2) is 4.64. The van der Waals surface area contributed by atoms with Crippen LogP contribution in [0.25, 0.3) is 10.9 Å². The van der Waals surface area contributed by atoms with Crippen molar-refractivity contribution in [3.05, 3.63) is 30.0 Å². The van der Waals surface area contributed by atoms with E-state index in [0.29, 0.717) is 11.2 Å².